The quantitative estimate of drug-likeness (QED) is 0.761. The highest BCUT2D eigenvalue weighted by molar-refractivity contribution is 7.22. The molecule has 0 saturated heterocycles. The van der Waals surface area contributed by atoms with E-state index in [2.05, 4.69) is 24.1 Å². The number of anilines is 1. The summed E-state index contributed by atoms with van der Waals surface area (Å²) in [5.41, 5.74) is 0.663. The van der Waals surface area contributed by atoms with Gasteiger partial charge in [0.15, 0.2) is 5.13 Å². The van der Waals surface area contributed by atoms with E-state index in [1.165, 1.54) is 23.5 Å². The van der Waals surface area contributed by atoms with Crippen LogP contribution in [0.1, 0.15) is 39.5 Å². The van der Waals surface area contributed by atoms with Gasteiger partial charge in [-0.2, -0.15) is 0 Å². The summed E-state index contributed by atoms with van der Waals surface area (Å²) < 4.78 is 19.1. The lowest BCUT2D eigenvalue weighted by Gasteiger charge is -2.14. The minimum Gasteiger partial charge on any atom is -0.449 e. The highest BCUT2D eigenvalue weighted by Gasteiger charge is 2.12. The van der Waals surface area contributed by atoms with Gasteiger partial charge in [-0.05, 0) is 30.5 Å². The van der Waals surface area contributed by atoms with Gasteiger partial charge in [-0.15, -0.1) is 0 Å². The van der Waals surface area contributed by atoms with Gasteiger partial charge in [0.25, 0.3) is 0 Å². The molecule has 2 rings (SSSR count). The number of unbranched alkanes of at least 4 members (excludes halogenated alkanes) is 1. The van der Waals surface area contributed by atoms with Crippen molar-refractivity contribution < 1.29 is 13.9 Å². The smallest absolute Gasteiger partial charge is 0.413 e. The summed E-state index contributed by atoms with van der Waals surface area (Å²) in [4.78, 5) is 16.0. The second-order valence-corrected chi connectivity index (χ2v) is 6.30. The lowest BCUT2D eigenvalue weighted by Crippen LogP contribution is -2.18. The molecule has 2 aromatic rings. The van der Waals surface area contributed by atoms with Crippen molar-refractivity contribution in [1.29, 1.82) is 0 Å². The molecule has 1 unspecified atom stereocenters. The van der Waals surface area contributed by atoms with Gasteiger partial charge >= 0.3 is 6.09 Å². The molecule has 0 spiro atoms. The van der Waals surface area contributed by atoms with Gasteiger partial charge in [-0.25, -0.2) is 14.2 Å². The molecule has 6 heteroatoms. The predicted molar refractivity (Wildman–Crippen MR) is 87.9 cm³/mol. The highest BCUT2D eigenvalue weighted by Crippen LogP contribution is 2.26. The number of fused-ring (bicyclic) bond motifs is 1. The van der Waals surface area contributed by atoms with Crippen molar-refractivity contribution in [2.45, 2.75) is 39.5 Å². The molecule has 1 aromatic heterocycles. The van der Waals surface area contributed by atoms with Crippen molar-refractivity contribution in [2.24, 2.45) is 5.92 Å². The molecule has 0 aliphatic heterocycles. The van der Waals surface area contributed by atoms with E-state index < -0.39 is 6.09 Å². The lowest BCUT2D eigenvalue weighted by atomic mass is 10.0. The number of nitrogens with one attached hydrogen (secondary N) is 1. The summed E-state index contributed by atoms with van der Waals surface area (Å²) in [6, 6.07) is 4.35. The van der Waals surface area contributed by atoms with Crippen LogP contribution in [0.4, 0.5) is 14.3 Å². The molecule has 0 bridgehead atoms. The molecule has 0 radical (unpaired) electrons. The molecule has 4 nitrogen and oxygen atoms in total. The van der Waals surface area contributed by atoms with Gasteiger partial charge in [0, 0.05) is 0 Å². The van der Waals surface area contributed by atoms with Crippen molar-refractivity contribution in [3.05, 3.63) is 24.0 Å². The minimum atomic E-state index is -0.505. The fraction of sp³-hybridized carbons (Fsp3) is 0.500. The first-order chi connectivity index (χ1) is 10.6. The standard InChI is InChI=1S/C16H21FN2O2S/c1-3-5-6-11(4-2)10-21-16(20)19-15-18-13-8-7-12(17)9-14(13)22-15/h7-9,11H,3-6,10H2,1-2H3,(H,18,19,20). The maximum absolute atomic E-state index is 13.1. The third-order valence-electron chi connectivity index (χ3n) is 3.55. The Hall–Kier alpha value is -1.69. The van der Waals surface area contributed by atoms with Crippen LogP contribution in [0.5, 0.6) is 0 Å². The Morgan fingerprint density at radius 1 is 1.45 bits per heavy atom. The van der Waals surface area contributed by atoms with Gasteiger partial charge < -0.3 is 4.74 Å². The maximum Gasteiger partial charge on any atom is 0.413 e. The molecule has 1 heterocycles. The molecule has 1 amide bonds. The van der Waals surface area contributed by atoms with E-state index in [9.17, 15) is 9.18 Å². The summed E-state index contributed by atoms with van der Waals surface area (Å²) in [6.07, 6.45) is 3.85. The average molecular weight is 324 g/mol. The molecule has 1 atom stereocenters. The molecule has 120 valence electrons. The van der Waals surface area contributed by atoms with Crippen LogP contribution in [0.2, 0.25) is 0 Å². The lowest BCUT2D eigenvalue weighted by molar-refractivity contribution is 0.136. The summed E-state index contributed by atoms with van der Waals surface area (Å²) in [7, 11) is 0. The summed E-state index contributed by atoms with van der Waals surface area (Å²) in [5, 5.41) is 3.03. The number of hydrogen-bond acceptors (Lipinski definition) is 4. The van der Waals surface area contributed by atoms with Gasteiger partial charge in [0.05, 0.1) is 16.8 Å². The Morgan fingerprint density at radius 3 is 3.00 bits per heavy atom. The number of carbonyl (C=O) groups is 1. The summed E-state index contributed by atoms with van der Waals surface area (Å²) in [6.45, 7) is 4.67. The van der Waals surface area contributed by atoms with E-state index in [1.54, 1.807) is 6.07 Å². The van der Waals surface area contributed by atoms with Crippen LogP contribution in [0.15, 0.2) is 18.2 Å². The molecule has 0 fully saturated rings. The summed E-state index contributed by atoms with van der Waals surface area (Å²) in [5.74, 6) is 0.0853. The van der Waals surface area contributed by atoms with Crippen molar-refractivity contribution in [1.82, 2.24) is 4.98 Å². The largest absolute Gasteiger partial charge is 0.449 e. The number of ether oxygens (including phenoxy) is 1. The maximum atomic E-state index is 13.1. The number of carbonyl (C=O) groups excluding carboxylic acids is 1. The van der Waals surface area contributed by atoms with Gasteiger partial charge in [-0.3, -0.25) is 5.32 Å². The monoisotopic (exact) mass is 324 g/mol. The molecule has 0 aliphatic rings. The van der Waals surface area contributed by atoms with Crippen LogP contribution in [-0.4, -0.2) is 17.7 Å². The Bertz CT molecular complexity index is 630. The molecular formula is C16H21FN2O2S. The van der Waals surface area contributed by atoms with E-state index in [0.717, 1.165) is 25.7 Å². The molecule has 1 N–H and O–H groups in total. The third kappa shape index (κ3) is 4.66. The number of hydrogen-bond donors (Lipinski definition) is 1. The van der Waals surface area contributed by atoms with Gasteiger partial charge in [0.1, 0.15) is 5.82 Å². The number of aromatic nitrogens is 1. The van der Waals surface area contributed by atoms with Crippen molar-refractivity contribution in [3.8, 4) is 0 Å². The highest BCUT2D eigenvalue weighted by atomic mass is 32.1. The first kappa shape index (κ1) is 16.7. The molecular weight excluding hydrogens is 303 g/mol. The zero-order valence-corrected chi connectivity index (χ0v) is 13.7. The van der Waals surface area contributed by atoms with Crippen LogP contribution in [0, 0.1) is 11.7 Å². The van der Waals surface area contributed by atoms with Crippen LogP contribution >= 0.6 is 11.3 Å². The Balaban J connectivity index is 1.87. The number of benzene rings is 1. The van der Waals surface area contributed by atoms with Gasteiger partial charge in [0.2, 0.25) is 0 Å². The zero-order valence-electron chi connectivity index (χ0n) is 12.9. The second-order valence-electron chi connectivity index (χ2n) is 5.27. The zero-order chi connectivity index (χ0) is 15.9. The molecule has 0 saturated carbocycles. The Labute approximate surface area is 133 Å². The topological polar surface area (TPSA) is 51.2 Å². The van der Waals surface area contributed by atoms with Crippen LogP contribution in [0.25, 0.3) is 10.2 Å². The third-order valence-corrected chi connectivity index (χ3v) is 4.49. The number of amides is 1. The first-order valence-corrected chi connectivity index (χ1v) is 8.43. The Morgan fingerprint density at radius 2 is 2.27 bits per heavy atom. The van der Waals surface area contributed by atoms with E-state index in [1.807, 2.05) is 0 Å². The van der Waals surface area contributed by atoms with E-state index in [0.29, 0.717) is 27.9 Å². The Kier molecular flexibility index (Phi) is 6.12. The number of rotatable bonds is 7. The molecule has 0 aliphatic carbocycles. The van der Waals surface area contributed by atoms with E-state index in [4.69, 9.17) is 4.74 Å². The van der Waals surface area contributed by atoms with Crippen LogP contribution in [0.3, 0.4) is 0 Å². The van der Waals surface area contributed by atoms with Crippen molar-refractivity contribution in [2.75, 3.05) is 11.9 Å². The number of thiazole rings is 1. The fourth-order valence-corrected chi connectivity index (χ4v) is 3.04. The predicted octanol–water partition coefficient (Wildman–Crippen LogP) is 5.20. The normalized spacial score (nSPS) is 12.3. The molecule has 22 heavy (non-hydrogen) atoms. The van der Waals surface area contributed by atoms with E-state index in [-0.39, 0.29) is 5.82 Å². The number of nitrogens with zero attached hydrogens (tertiary/aromatic N) is 1. The van der Waals surface area contributed by atoms with E-state index >= 15 is 0 Å². The van der Waals surface area contributed by atoms with Gasteiger partial charge in [-0.1, -0.05) is 44.4 Å². The SMILES string of the molecule is CCCCC(CC)COC(=O)Nc1nc2ccc(F)cc2s1. The van der Waals surface area contributed by atoms with Crippen LogP contribution in [-0.2, 0) is 4.74 Å². The average Bonchev–Trinajstić information content (AvgIpc) is 2.88. The van der Waals surface area contributed by atoms with Crippen LogP contribution < -0.4 is 5.32 Å². The van der Waals surface area contributed by atoms with Crippen molar-refractivity contribution >= 4 is 32.8 Å². The van der Waals surface area contributed by atoms with Crippen molar-refractivity contribution in [3.63, 3.8) is 0 Å². The molecule has 1 aromatic carbocycles. The number of halogens is 1. The first-order valence-electron chi connectivity index (χ1n) is 7.62. The fourth-order valence-electron chi connectivity index (χ4n) is 2.17. The summed E-state index contributed by atoms with van der Waals surface area (Å²) >= 11 is 1.23. The second kappa shape index (κ2) is 8.08. The minimum absolute atomic E-state index is 0.313.